The molecule has 1 aromatic heterocycles. The third-order valence-corrected chi connectivity index (χ3v) is 5.25. The van der Waals surface area contributed by atoms with Crippen LogP contribution in [0.1, 0.15) is 5.56 Å². The molecule has 3 aromatic rings. The van der Waals surface area contributed by atoms with Crippen LogP contribution in [0.25, 0.3) is 11.5 Å². The zero-order valence-electron chi connectivity index (χ0n) is 13.1. The van der Waals surface area contributed by atoms with Gasteiger partial charge in [0.15, 0.2) is 0 Å². The molecular weight excluding hydrogens is 517 g/mol. The molecule has 1 N–H and O–H groups in total. The number of halogens is 2. The highest BCUT2D eigenvalue weighted by Crippen LogP contribution is 2.25. The Morgan fingerprint density at radius 1 is 1.28 bits per heavy atom. The molecule has 3 rings (SSSR count). The zero-order valence-corrected chi connectivity index (χ0v) is 17.7. The number of aromatic nitrogens is 2. The van der Waals surface area contributed by atoms with Crippen LogP contribution in [0.4, 0.5) is 5.69 Å². The molecule has 0 fully saturated rings. The van der Waals surface area contributed by atoms with Crippen LogP contribution in [-0.4, -0.2) is 21.9 Å². The number of carbonyl (C=O) groups excluding carboxylic acids is 1. The molecule has 8 heteroatoms. The maximum atomic E-state index is 12.1. The SMILES string of the molecule is Cc1cc(I)ccc1NC(=O)CSc1nnc(-c2cccc(Br)c2)o1. The molecule has 2 aromatic carbocycles. The minimum absolute atomic E-state index is 0.114. The topological polar surface area (TPSA) is 68.0 Å². The Morgan fingerprint density at radius 2 is 2.12 bits per heavy atom. The molecule has 0 aliphatic heterocycles. The van der Waals surface area contributed by atoms with Gasteiger partial charge in [0, 0.05) is 19.3 Å². The summed E-state index contributed by atoms with van der Waals surface area (Å²) in [5.74, 6) is 0.514. The van der Waals surface area contributed by atoms with Crippen molar-refractivity contribution in [3.05, 3.63) is 56.1 Å². The predicted octanol–water partition coefficient (Wildman–Crippen LogP) is 5.14. The van der Waals surface area contributed by atoms with Gasteiger partial charge in [-0.15, -0.1) is 10.2 Å². The first-order valence-corrected chi connectivity index (χ1v) is 10.2. The summed E-state index contributed by atoms with van der Waals surface area (Å²) < 4.78 is 7.67. The molecule has 0 aliphatic rings. The molecule has 1 amide bonds. The van der Waals surface area contributed by atoms with E-state index in [2.05, 4.69) is 54.0 Å². The van der Waals surface area contributed by atoms with Gasteiger partial charge >= 0.3 is 0 Å². The monoisotopic (exact) mass is 529 g/mol. The minimum atomic E-state index is -0.114. The largest absolute Gasteiger partial charge is 0.411 e. The van der Waals surface area contributed by atoms with Crippen molar-refractivity contribution in [3.63, 3.8) is 0 Å². The number of hydrogen-bond acceptors (Lipinski definition) is 5. The summed E-state index contributed by atoms with van der Waals surface area (Å²) >= 11 is 6.86. The Morgan fingerprint density at radius 3 is 2.88 bits per heavy atom. The van der Waals surface area contributed by atoms with E-state index in [0.29, 0.717) is 11.1 Å². The molecule has 0 bridgehead atoms. The lowest BCUT2D eigenvalue weighted by molar-refractivity contribution is -0.113. The molecule has 5 nitrogen and oxygen atoms in total. The van der Waals surface area contributed by atoms with E-state index in [0.717, 1.165) is 24.9 Å². The van der Waals surface area contributed by atoms with Gasteiger partial charge in [-0.2, -0.15) is 0 Å². The molecule has 0 aliphatic carbocycles. The van der Waals surface area contributed by atoms with Gasteiger partial charge in [0.25, 0.3) is 5.22 Å². The maximum Gasteiger partial charge on any atom is 0.277 e. The zero-order chi connectivity index (χ0) is 17.8. The van der Waals surface area contributed by atoms with Crippen LogP contribution in [0.2, 0.25) is 0 Å². The number of aryl methyl sites for hydroxylation is 1. The van der Waals surface area contributed by atoms with Crippen LogP contribution < -0.4 is 5.32 Å². The van der Waals surface area contributed by atoms with Crippen LogP contribution in [0.15, 0.2) is 56.6 Å². The summed E-state index contributed by atoms with van der Waals surface area (Å²) in [7, 11) is 0. The number of thioether (sulfide) groups is 1. The van der Waals surface area contributed by atoms with Gasteiger partial charge in [-0.05, 0) is 71.5 Å². The summed E-state index contributed by atoms with van der Waals surface area (Å²) in [6, 6.07) is 13.5. The van der Waals surface area contributed by atoms with Gasteiger partial charge in [-0.1, -0.05) is 33.8 Å². The molecule has 0 saturated heterocycles. The fourth-order valence-electron chi connectivity index (χ4n) is 2.09. The van der Waals surface area contributed by atoms with Crippen molar-refractivity contribution in [1.29, 1.82) is 0 Å². The molecule has 0 saturated carbocycles. The second kappa shape index (κ2) is 8.33. The van der Waals surface area contributed by atoms with Crippen LogP contribution in [0.5, 0.6) is 0 Å². The molecule has 0 unspecified atom stereocenters. The summed E-state index contributed by atoms with van der Waals surface area (Å²) in [6.45, 7) is 1.97. The Hall–Kier alpha value is -1.39. The van der Waals surface area contributed by atoms with E-state index in [1.165, 1.54) is 11.8 Å². The van der Waals surface area contributed by atoms with Crippen LogP contribution in [0, 0.1) is 10.5 Å². The molecule has 25 heavy (non-hydrogen) atoms. The number of amides is 1. The van der Waals surface area contributed by atoms with Gasteiger partial charge in [0.2, 0.25) is 11.8 Å². The Kier molecular flexibility index (Phi) is 6.13. The highest BCUT2D eigenvalue weighted by molar-refractivity contribution is 14.1. The standard InChI is InChI=1S/C17H13BrIN3O2S/c1-10-7-13(19)5-6-14(10)20-15(23)9-25-17-22-21-16(24-17)11-3-2-4-12(18)8-11/h2-8H,9H2,1H3,(H,20,23). The second-order valence-electron chi connectivity index (χ2n) is 5.18. The molecular formula is C17H13BrIN3O2S. The smallest absolute Gasteiger partial charge is 0.277 e. The van der Waals surface area contributed by atoms with E-state index in [1.807, 2.05) is 49.4 Å². The number of hydrogen-bond donors (Lipinski definition) is 1. The first-order valence-electron chi connectivity index (χ1n) is 7.29. The van der Waals surface area contributed by atoms with Crippen molar-refractivity contribution in [3.8, 4) is 11.5 Å². The van der Waals surface area contributed by atoms with Gasteiger partial charge in [0.1, 0.15) is 0 Å². The van der Waals surface area contributed by atoms with Crippen LogP contribution in [-0.2, 0) is 4.79 Å². The van der Waals surface area contributed by atoms with Crippen molar-refractivity contribution >= 4 is 61.9 Å². The Balaban J connectivity index is 1.59. The number of benzene rings is 2. The normalized spacial score (nSPS) is 10.7. The lowest BCUT2D eigenvalue weighted by atomic mass is 10.2. The Bertz CT molecular complexity index is 916. The van der Waals surface area contributed by atoms with Crippen molar-refractivity contribution in [2.45, 2.75) is 12.1 Å². The Labute approximate surface area is 171 Å². The van der Waals surface area contributed by atoms with E-state index < -0.39 is 0 Å². The molecule has 0 radical (unpaired) electrons. The second-order valence-corrected chi connectivity index (χ2v) is 8.27. The fourth-order valence-corrected chi connectivity index (χ4v) is 3.70. The average Bonchev–Trinajstić information content (AvgIpc) is 3.05. The third-order valence-electron chi connectivity index (χ3n) is 3.27. The van der Waals surface area contributed by atoms with Crippen molar-refractivity contribution in [2.75, 3.05) is 11.1 Å². The first-order chi connectivity index (χ1) is 12.0. The predicted molar refractivity (Wildman–Crippen MR) is 111 cm³/mol. The average molecular weight is 530 g/mol. The lowest BCUT2D eigenvalue weighted by Crippen LogP contribution is -2.14. The molecule has 128 valence electrons. The maximum absolute atomic E-state index is 12.1. The number of nitrogens with zero attached hydrogens (tertiary/aromatic N) is 2. The number of rotatable bonds is 5. The molecule has 1 heterocycles. The first kappa shape index (κ1) is 18.4. The molecule has 0 atom stereocenters. The van der Waals surface area contributed by atoms with Gasteiger partial charge in [-0.25, -0.2) is 0 Å². The van der Waals surface area contributed by atoms with Crippen LogP contribution in [0.3, 0.4) is 0 Å². The minimum Gasteiger partial charge on any atom is -0.411 e. The van der Waals surface area contributed by atoms with Crippen LogP contribution >= 0.6 is 50.3 Å². The van der Waals surface area contributed by atoms with Crippen molar-refractivity contribution in [2.24, 2.45) is 0 Å². The number of nitrogens with one attached hydrogen (secondary N) is 1. The van der Waals surface area contributed by atoms with E-state index in [1.54, 1.807) is 0 Å². The highest BCUT2D eigenvalue weighted by atomic mass is 127. The fraction of sp³-hybridized carbons (Fsp3) is 0.118. The van der Waals surface area contributed by atoms with Crippen molar-refractivity contribution in [1.82, 2.24) is 10.2 Å². The third kappa shape index (κ3) is 5.05. The summed E-state index contributed by atoms with van der Waals surface area (Å²) in [6.07, 6.45) is 0. The summed E-state index contributed by atoms with van der Waals surface area (Å²) in [5.41, 5.74) is 2.67. The number of carbonyl (C=O) groups is 1. The van der Waals surface area contributed by atoms with E-state index >= 15 is 0 Å². The molecule has 0 spiro atoms. The van der Waals surface area contributed by atoms with Gasteiger partial charge < -0.3 is 9.73 Å². The quantitative estimate of drug-likeness (QED) is 0.366. The van der Waals surface area contributed by atoms with Crippen molar-refractivity contribution < 1.29 is 9.21 Å². The number of anilines is 1. The van der Waals surface area contributed by atoms with Gasteiger partial charge in [-0.3, -0.25) is 4.79 Å². The van der Waals surface area contributed by atoms with E-state index in [-0.39, 0.29) is 11.7 Å². The highest BCUT2D eigenvalue weighted by Gasteiger charge is 2.12. The van der Waals surface area contributed by atoms with E-state index in [9.17, 15) is 4.79 Å². The summed E-state index contributed by atoms with van der Waals surface area (Å²) in [4.78, 5) is 12.1. The summed E-state index contributed by atoms with van der Waals surface area (Å²) in [5, 5.41) is 11.3. The van der Waals surface area contributed by atoms with E-state index in [4.69, 9.17) is 4.42 Å². The lowest BCUT2D eigenvalue weighted by Gasteiger charge is -2.07. The van der Waals surface area contributed by atoms with Gasteiger partial charge in [0.05, 0.1) is 5.75 Å².